The van der Waals surface area contributed by atoms with Crippen LogP contribution >= 0.6 is 11.3 Å². The molecule has 1 aromatic heterocycles. The zero-order chi connectivity index (χ0) is 13.6. The van der Waals surface area contributed by atoms with E-state index in [-0.39, 0.29) is 16.4 Å². The van der Waals surface area contributed by atoms with Gasteiger partial charge in [0.2, 0.25) is 0 Å². The van der Waals surface area contributed by atoms with Crippen LogP contribution in [0.2, 0.25) is 0 Å². The number of carboxylic acids is 1. The maximum Gasteiger partial charge on any atom is 0.310 e. The second-order valence-electron chi connectivity index (χ2n) is 4.34. The lowest BCUT2D eigenvalue weighted by atomic mass is 10.1. The van der Waals surface area contributed by atoms with E-state index in [0.717, 1.165) is 0 Å². The minimum Gasteiger partial charge on any atom is -0.481 e. The lowest BCUT2D eigenvalue weighted by Gasteiger charge is -2.10. The topological polar surface area (TPSA) is 116 Å². The number of aromatic nitrogens is 1. The predicted molar refractivity (Wildman–Crippen MR) is 64.2 cm³/mol. The van der Waals surface area contributed by atoms with E-state index >= 15 is 0 Å². The molecule has 9 heteroatoms. The molecule has 1 fully saturated rings. The number of sulfonamides is 1. The first kappa shape index (κ1) is 13.2. The summed E-state index contributed by atoms with van der Waals surface area (Å²) in [5.74, 6) is -0.996. The molecule has 7 nitrogen and oxygen atoms in total. The van der Waals surface area contributed by atoms with Crippen LogP contribution in [0.3, 0.4) is 0 Å². The summed E-state index contributed by atoms with van der Waals surface area (Å²) in [5.41, 5.74) is -0.708. The molecule has 0 unspecified atom stereocenters. The minimum atomic E-state index is -3.82. The van der Waals surface area contributed by atoms with Crippen LogP contribution in [-0.4, -0.2) is 31.0 Å². The van der Waals surface area contributed by atoms with Gasteiger partial charge in [0, 0.05) is 12.2 Å². The average molecular weight is 292 g/mol. The van der Waals surface area contributed by atoms with Crippen LogP contribution in [0.4, 0.5) is 0 Å². The molecule has 0 spiro atoms. The molecule has 18 heavy (non-hydrogen) atoms. The number of aryl methyl sites for hydroxylation is 1. The molecule has 100 valence electrons. The first-order valence-electron chi connectivity index (χ1n) is 5.20. The summed E-state index contributed by atoms with van der Waals surface area (Å²) in [6.45, 7) is 1.34. The SMILES string of the molecule is Cc1[nH]c(=O)sc1S(=O)(=O)NCC1(C(=O)O)CC1. The molecule has 0 amide bonds. The van der Waals surface area contributed by atoms with Crippen LogP contribution in [0.5, 0.6) is 0 Å². The third-order valence-electron chi connectivity index (χ3n) is 2.93. The van der Waals surface area contributed by atoms with Crippen LogP contribution in [0.15, 0.2) is 9.00 Å². The van der Waals surface area contributed by atoms with Crippen molar-refractivity contribution >= 4 is 27.3 Å². The van der Waals surface area contributed by atoms with Gasteiger partial charge in [-0.05, 0) is 19.8 Å². The monoisotopic (exact) mass is 292 g/mol. The molecular formula is C9H12N2O5S2. The maximum absolute atomic E-state index is 11.9. The number of carbonyl (C=O) groups is 1. The van der Waals surface area contributed by atoms with Gasteiger partial charge in [-0.1, -0.05) is 11.3 Å². The first-order chi connectivity index (χ1) is 8.27. The third kappa shape index (κ3) is 2.33. The van der Waals surface area contributed by atoms with Gasteiger partial charge in [0.15, 0.2) is 4.21 Å². The number of rotatable bonds is 5. The van der Waals surface area contributed by atoms with Gasteiger partial charge in [-0.3, -0.25) is 9.59 Å². The summed E-state index contributed by atoms with van der Waals surface area (Å²) >= 11 is 0.592. The van der Waals surface area contributed by atoms with Crippen molar-refractivity contribution in [3.8, 4) is 0 Å². The Hall–Kier alpha value is -1.19. The van der Waals surface area contributed by atoms with Crippen LogP contribution in [0.1, 0.15) is 18.5 Å². The molecule has 0 saturated heterocycles. The highest BCUT2D eigenvalue weighted by molar-refractivity contribution is 7.91. The number of nitrogens with one attached hydrogen (secondary N) is 2. The number of hydrogen-bond donors (Lipinski definition) is 3. The number of hydrogen-bond acceptors (Lipinski definition) is 5. The van der Waals surface area contributed by atoms with E-state index < -0.39 is 26.3 Å². The van der Waals surface area contributed by atoms with E-state index in [1.165, 1.54) is 6.92 Å². The van der Waals surface area contributed by atoms with Gasteiger partial charge in [-0.25, -0.2) is 13.1 Å². The number of thiazole rings is 1. The Morgan fingerprint density at radius 3 is 2.56 bits per heavy atom. The average Bonchev–Trinajstić information content (AvgIpc) is 2.97. The summed E-state index contributed by atoms with van der Waals surface area (Å²) in [5, 5.41) is 8.94. The Balaban J connectivity index is 2.16. The normalized spacial score (nSPS) is 17.6. The number of aliphatic carboxylic acids is 1. The van der Waals surface area contributed by atoms with E-state index in [1.54, 1.807) is 0 Å². The summed E-state index contributed by atoms with van der Waals surface area (Å²) in [4.78, 5) is 23.9. The van der Waals surface area contributed by atoms with Crippen molar-refractivity contribution in [3.05, 3.63) is 15.4 Å². The van der Waals surface area contributed by atoms with Gasteiger partial charge in [0.1, 0.15) is 0 Å². The van der Waals surface area contributed by atoms with Crippen LogP contribution in [0, 0.1) is 12.3 Å². The highest BCUT2D eigenvalue weighted by Crippen LogP contribution is 2.45. The van der Waals surface area contributed by atoms with Crippen molar-refractivity contribution in [1.82, 2.24) is 9.71 Å². The quantitative estimate of drug-likeness (QED) is 0.700. The van der Waals surface area contributed by atoms with E-state index in [9.17, 15) is 18.0 Å². The van der Waals surface area contributed by atoms with Crippen molar-refractivity contribution in [2.45, 2.75) is 24.0 Å². The molecule has 0 aliphatic heterocycles. The smallest absolute Gasteiger partial charge is 0.310 e. The molecule has 1 saturated carbocycles. The zero-order valence-corrected chi connectivity index (χ0v) is 11.2. The maximum atomic E-state index is 11.9. The van der Waals surface area contributed by atoms with Gasteiger partial charge in [0.25, 0.3) is 10.0 Å². The molecule has 1 aromatic rings. The Morgan fingerprint density at radius 1 is 1.56 bits per heavy atom. The number of aromatic amines is 1. The van der Waals surface area contributed by atoms with Crippen molar-refractivity contribution in [1.29, 1.82) is 0 Å². The summed E-state index contributed by atoms with van der Waals surface area (Å²) < 4.78 is 26.0. The van der Waals surface area contributed by atoms with Gasteiger partial charge < -0.3 is 10.1 Å². The van der Waals surface area contributed by atoms with E-state index in [2.05, 4.69) is 9.71 Å². The van der Waals surface area contributed by atoms with Crippen LogP contribution in [-0.2, 0) is 14.8 Å². The Morgan fingerprint density at radius 2 is 2.17 bits per heavy atom. The van der Waals surface area contributed by atoms with Crippen molar-refractivity contribution in [2.24, 2.45) is 5.41 Å². The molecule has 1 heterocycles. The predicted octanol–water partition coefficient (Wildman–Crippen LogP) is -0.112. The van der Waals surface area contributed by atoms with Gasteiger partial charge in [-0.15, -0.1) is 0 Å². The Labute approximate surface area is 107 Å². The molecule has 0 aromatic carbocycles. The van der Waals surface area contributed by atoms with Crippen molar-refractivity contribution in [3.63, 3.8) is 0 Å². The van der Waals surface area contributed by atoms with E-state index in [0.29, 0.717) is 24.2 Å². The first-order valence-corrected chi connectivity index (χ1v) is 7.50. The molecule has 0 atom stereocenters. The summed E-state index contributed by atoms with van der Waals surface area (Å²) in [6, 6.07) is 0. The van der Waals surface area contributed by atoms with Crippen molar-refractivity contribution < 1.29 is 18.3 Å². The molecule has 3 N–H and O–H groups in total. The second kappa shape index (κ2) is 4.18. The van der Waals surface area contributed by atoms with Gasteiger partial charge in [0.05, 0.1) is 5.41 Å². The Kier molecular flexibility index (Phi) is 3.07. The van der Waals surface area contributed by atoms with Gasteiger partial charge in [-0.2, -0.15) is 0 Å². The molecule has 0 radical (unpaired) electrons. The lowest BCUT2D eigenvalue weighted by molar-refractivity contribution is -0.143. The largest absolute Gasteiger partial charge is 0.481 e. The number of carboxylic acid groups (broad SMARTS) is 1. The molecule has 1 aliphatic carbocycles. The highest BCUT2D eigenvalue weighted by atomic mass is 32.2. The Bertz CT molecular complexity index is 638. The second-order valence-corrected chi connectivity index (χ2v) is 7.28. The highest BCUT2D eigenvalue weighted by Gasteiger charge is 2.50. The minimum absolute atomic E-state index is 0.0892. The third-order valence-corrected chi connectivity index (χ3v) is 5.94. The molecule has 1 aliphatic rings. The summed E-state index contributed by atoms with van der Waals surface area (Å²) in [6.07, 6.45) is 0.931. The fourth-order valence-corrected chi connectivity index (χ4v) is 4.03. The number of H-pyrrole nitrogens is 1. The molecule has 2 rings (SSSR count). The van der Waals surface area contributed by atoms with Crippen LogP contribution < -0.4 is 9.60 Å². The van der Waals surface area contributed by atoms with Crippen LogP contribution in [0.25, 0.3) is 0 Å². The molecular weight excluding hydrogens is 280 g/mol. The van der Waals surface area contributed by atoms with Gasteiger partial charge >= 0.3 is 10.8 Å². The zero-order valence-electron chi connectivity index (χ0n) is 9.52. The fourth-order valence-electron chi connectivity index (χ4n) is 1.56. The fraction of sp³-hybridized carbons (Fsp3) is 0.556. The summed E-state index contributed by atoms with van der Waals surface area (Å²) in [7, 11) is -3.82. The van der Waals surface area contributed by atoms with E-state index in [1.807, 2.05) is 0 Å². The standard InChI is InChI=1S/C9H12N2O5S2/c1-5-6(17-8(14)11-5)18(15,16)10-4-9(2-3-9)7(12)13/h10H,2-4H2,1H3,(H,11,14)(H,12,13). The van der Waals surface area contributed by atoms with Crippen molar-refractivity contribution in [2.75, 3.05) is 6.54 Å². The van der Waals surface area contributed by atoms with E-state index in [4.69, 9.17) is 5.11 Å². The lowest BCUT2D eigenvalue weighted by Crippen LogP contribution is -2.34. The molecule has 0 bridgehead atoms.